The van der Waals surface area contributed by atoms with Crippen molar-refractivity contribution in [3.8, 4) is 55.8 Å². The van der Waals surface area contributed by atoms with Gasteiger partial charge in [-0.3, -0.25) is 0 Å². The average Bonchev–Trinajstić information content (AvgIpc) is 3.68. The van der Waals surface area contributed by atoms with Crippen molar-refractivity contribution in [3.05, 3.63) is 236 Å². The van der Waals surface area contributed by atoms with E-state index in [0.29, 0.717) is 0 Å². The minimum absolute atomic E-state index is 0.920. The lowest BCUT2D eigenvalue weighted by Gasteiger charge is -2.26. The van der Waals surface area contributed by atoms with Gasteiger partial charge in [0.25, 0.3) is 0 Å². The zero-order valence-corrected chi connectivity index (χ0v) is 33.8. The highest BCUT2D eigenvalue weighted by molar-refractivity contribution is 5.98. The summed E-state index contributed by atoms with van der Waals surface area (Å²) >= 11 is 0. The van der Waals surface area contributed by atoms with Crippen LogP contribution in [0.1, 0.15) is 5.56 Å². The number of hydrogen-bond donors (Lipinski definition) is 0. The van der Waals surface area contributed by atoms with Gasteiger partial charge in [0.15, 0.2) is 0 Å². The first-order chi connectivity index (χ1) is 30.1. The van der Waals surface area contributed by atoms with Gasteiger partial charge in [-0.15, -0.1) is 0 Å². The third-order valence-corrected chi connectivity index (χ3v) is 12.1. The molecule has 1 aromatic heterocycles. The highest BCUT2D eigenvalue weighted by atomic mass is 16.3. The zero-order chi connectivity index (χ0) is 40.7. The number of benzene rings is 10. The quantitative estimate of drug-likeness (QED) is 0.153. The van der Waals surface area contributed by atoms with Gasteiger partial charge in [-0.2, -0.15) is 0 Å². The van der Waals surface area contributed by atoms with Crippen molar-refractivity contribution in [2.24, 2.45) is 0 Å². The standard InChI is InChI=1S/C59H41NO/c1-40-53-17-6-7-22-58(53)61-59(40)49-16-8-15-48(39-49)43-25-23-41(24-26-43)42-27-33-50(34-28-42)60(51-35-29-46(30-36-51)56-20-9-13-44-11-2-4-18-54(44)56)52-37-31-47(32-38-52)57-21-10-14-45-12-3-5-19-55(45)57/h2-39H,1H3. The summed E-state index contributed by atoms with van der Waals surface area (Å²) in [6.07, 6.45) is 0. The van der Waals surface area contributed by atoms with Gasteiger partial charge in [-0.25, -0.2) is 0 Å². The molecule has 0 aliphatic carbocycles. The molecule has 0 bridgehead atoms. The molecule has 0 radical (unpaired) electrons. The molecule has 61 heavy (non-hydrogen) atoms. The maximum absolute atomic E-state index is 6.31. The fourth-order valence-electron chi connectivity index (χ4n) is 8.93. The Morgan fingerprint density at radius 3 is 1.23 bits per heavy atom. The van der Waals surface area contributed by atoms with Crippen LogP contribution in [0.3, 0.4) is 0 Å². The monoisotopic (exact) mass is 779 g/mol. The number of nitrogens with zero attached hydrogens (tertiary/aromatic N) is 1. The Balaban J connectivity index is 0.914. The van der Waals surface area contributed by atoms with Crippen LogP contribution in [0.4, 0.5) is 17.1 Å². The van der Waals surface area contributed by atoms with E-state index >= 15 is 0 Å². The Morgan fingerprint density at radius 1 is 0.311 bits per heavy atom. The Hall–Kier alpha value is -7.94. The second-order valence-corrected chi connectivity index (χ2v) is 15.7. The highest BCUT2D eigenvalue weighted by Crippen LogP contribution is 2.40. The molecule has 288 valence electrons. The van der Waals surface area contributed by atoms with Crippen LogP contribution in [-0.4, -0.2) is 0 Å². The fraction of sp³-hybridized carbons (Fsp3) is 0.0169. The number of aryl methyl sites for hydroxylation is 1. The zero-order valence-electron chi connectivity index (χ0n) is 33.8. The molecule has 0 amide bonds. The number of anilines is 3. The molecule has 0 spiro atoms. The fourth-order valence-corrected chi connectivity index (χ4v) is 8.93. The predicted octanol–water partition coefficient (Wildman–Crippen LogP) is 16.9. The van der Waals surface area contributed by atoms with Gasteiger partial charge in [0.2, 0.25) is 0 Å². The van der Waals surface area contributed by atoms with Gasteiger partial charge in [-0.05, 0) is 122 Å². The number of rotatable bonds is 8. The van der Waals surface area contributed by atoms with E-state index in [0.717, 1.165) is 44.9 Å². The molecule has 11 aromatic rings. The summed E-state index contributed by atoms with van der Waals surface area (Å²) in [5.74, 6) is 0.926. The van der Waals surface area contributed by atoms with Gasteiger partial charge in [0.05, 0.1) is 0 Å². The van der Waals surface area contributed by atoms with E-state index in [1.165, 1.54) is 66.1 Å². The molecule has 0 aliphatic rings. The van der Waals surface area contributed by atoms with E-state index in [2.05, 4.69) is 230 Å². The second-order valence-electron chi connectivity index (χ2n) is 15.7. The lowest BCUT2D eigenvalue weighted by atomic mass is 9.97. The summed E-state index contributed by atoms with van der Waals surface area (Å²) < 4.78 is 6.31. The van der Waals surface area contributed by atoms with Gasteiger partial charge in [0, 0.05) is 33.6 Å². The largest absolute Gasteiger partial charge is 0.456 e. The molecule has 0 N–H and O–H groups in total. The third-order valence-electron chi connectivity index (χ3n) is 12.1. The minimum Gasteiger partial charge on any atom is -0.456 e. The molecule has 0 aliphatic heterocycles. The molecule has 11 rings (SSSR count). The van der Waals surface area contributed by atoms with E-state index in [9.17, 15) is 0 Å². The summed E-state index contributed by atoms with van der Waals surface area (Å²) in [6.45, 7) is 2.14. The lowest BCUT2D eigenvalue weighted by Crippen LogP contribution is -2.09. The van der Waals surface area contributed by atoms with Gasteiger partial charge in [0.1, 0.15) is 11.3 Å². The summed E-state index contributed by atoms with van der Waals surface area (Å²) in [7, 11) is 0. The van der Waals surface area contributed by atoms with Crippen LogP contribution in [0, 0.1) is 6.92 Å². The SMILES string of the molecule is Cc1c(-c2cccc(-c3ccc(-c4ccc(N(c5ccc(-c6cccc7ccccc67)cc5)c5ccc(-c6cccc7ccccc67)cc5)cc4)cc3)c2)oc2ccccc12. The van der Waals surface area contributed by atoms with Crippen LogP contribution in [0.5, 0.6) is 0 Å². The maximum Gasteiger partial charge on any atom is 0.138 e. The first-order valence-electron chi connectivity index (χ1n) is 20.9. The van der Waals surface area contributed by atoms with Crippen molar-refractivity contribution in [1.29, 1.82) is 0 Å². The Bertz CT molecular complexity index is 3210. The molecule has 1 heterocycles. The van der Waals surface area contributed by atoms with Gasteiger partial charge in [-0.1, -0.05) is 182 Å². The van der Waals surface area contributed by atoms with E-state index in [1.807, 2.05) is 12.1 Å². The van der Waals surface area contributed by atoms with Crippen molar-refractivity contribution < 1.29 is 4.42 Å². The molecular formula is C59H41NO. The van der Waals surface area contributed by atoms with Crippen LogP contribution in [0.15, 0.2) is 235 Å². The van der Waals surface area contributed by atoms with Gasteiger partial charge < -0.3 is 9.32 Å². The first-order valence-corrected chi connectivity index (χ1v) is 20.9. The Morgan fingerprint density at radius 2 is 0.705 bits per heavy atom. The number of para-hydroxylation sites is 1. The third kappa shape index (κ3) is 6.75. The van der Waals surface area contributed by atoms with Crippen LogP contribution in [0.25, 0.3) is 88.3 Å². The normalized spacial score (nSPS) is 11.4. The molecule has 0 fully saturated rings. The van der Waals surface area contributed by atoms with E-state index < -0.39 is 0 Å². The lowest BCUT2D eigenvalue weighted by molar-refractivity contribution is 0.629. The number of fused-ring (bicyclic) bond motifs is 3. The summed E-state index contributed by atoms with van der Waals surface area (Å²) in [5, 5.41) is 6.16. The van der Waals surface area contributed by atoms with Crippen LogP contribution in [0.2, 0.25) is 0 Å². The average molecular weight is 780 g/mol. The Labute approximate surface area is 356 Å². The van der Waals surface area contributed by atoms with E-state index in [4.69, 9.17) is 4.42 Å². The summed E-state index contributed by atoms with van der Waals surface area (Å²) in [4.78, 5) is 2.35. The molecule has 2 heteroatoms. The molecule has 0 saturated carbocycles. The molecule has 10 aromatic carbocycles. The topological polar surface area (TPSA) is 16.4 Å². The first kappa shape index (κ1) is 36.2. The number of hydrogen-bond acceptors (Lipinski definition) is 2. The highest BCUT2D eigenvalue weighted by Gasteiger charge is 2.16. The van der Waals surface area contributed by atoms with Crippen molar-refractivity contribution in [2.75, 3.05) is 4.90 Å². The van der Waals surface area contributed by atoms with Crippen LogP contribution < -0.4 is 4.90 Å². The molecule has 0 atom stereocenters. The second kappa shape index (κ2) is 15.3. The van der Waals surface area contributed by atoms with Crippen LogP contribution >= 0.6 is 0 Å². The molecule has 0 unspecified atom stereocenters. The summed E-state index contributed by atoms with van der Waals surface area (Å²) in [6, 6.07) is 83.0. The van der Waals surface area contributed by atoms with Crippen molar-refractivity contribution in [1.82, 2.24) is 0 Å². The maximum atomic E-state index is 6.31. The van der Waals surface area contributed by atoms with Crippen molar-refractivity contribution >= 4 is 49.6 Å². The minimum atomic E-state index is 0.920. The van der Waals surface area contributed by atoms with Gasteiger partial charge >= 0.3 is 0 Å². The summed E-state index contributed by atoms with van der Waals surface area (Å²) in [5.41, 5.74) is 16.0. The molecule has 0 saturated heterocycles. The molecule has 2 nitrogen and oxygen atoms in total. The van der Waals surface area contributed by atoms with E-state index in [-0.39, 0.29) is 0 Å². The Kier molecular flexibility index (Phi) is 9.09. The number of furan rings is 1. The van der Waals surface area contributed by atoms with E-state index in [1.54, 1.807) is 0 Å². The van der Waals surface area contributed by atoms with Crippen molar-refractivity contribution in [3.63, 3.8) is 0 Å². The van der Waals surface area contributed by atoms with Crippen molar-refractivity contribution in [2.45, 2.75) is 6.92 Å². The van der Waals surface area contributed by atoms with Crippen LogP contribution in [-0.2, 0) is 0 Å². The molecular weight excluding hydrogens is 739 g/mol. The predicted molar refractivity (Wildman–Crippen MR) is 258 cm³/mol. The smallest absolute Gasteiger partial charge is 0.138 e.